The zero-order valence-corrected chi connectivity index (χ0v) is 21.3. The number of carbonyl (C=O) groups excluding carboxylic acids is 1. The molecule has 0 N–H and O–H groups in total. The zero-order chi connectivity index (χ0) is 27.7. The number of methoxy groups -OCH3 is 1. The fourth-order valence-corrected chi connectivity index (χ4v) is 4.79. The van der Waals surface area contributed by atoms with Crippen LogP contribution < -0.4 is 4.18 Å². The van der Waals surface area contributed by atoms with Gasteiger partial charge in [0.15, 0.2) is 0 Å². The summed E-state index contributed by atoms with van der Waals surface area (Å²) in [6.45, 7) is 6.13. The Kier molecular flexibility index (Phi) is 8.33. The Bertz CT molecular complexity index is 1280. The maximum Gasteiger partial charge on any atom is 0.534 e. The van der Waals surface area contributed by atoms with Crippen LogP contribution in [0.3, 0.4) is 0 Å². The number of alkyl halides is 3. The second kappa shape index (κ2) is 10.8. The maximum atomic E-state index is 15.4. The Hall–Kier alpha value is -2.99. The second-order valence-electron chi connectivity index (χ2n) is 9.14. The van der Waals surface area contributed by atoms with Gasteiger partial charge in [-0.2, -0.15) is 21.6 Å². The number of rotatable bonds is 7. The van der Waals surface area contributed by atoms with Crippen molar-refractivity contribution in [3.05, 3.63) is 70.3 Å². The van der Waals surface area contributed by atoms with Crippen LogP contribution in [0.15, 0.2) is 36.4 Å². The summed E-state index contributed by atoms with van der Waals surface area (Å²) < 4.78 is 101. The normalized spacial score (nSPS) is 18.8. The molecule has 0 saturated heterocycles. The van der Waals surface area contributed by atoms with Gasteiger partial charge < -0.3 is 8.92 Å². The van der Waals surface area contributed by atoms with Crippen molar-refractivity contribution in [3.63, 3.8) is 0 Å². The first-order chi connectivity index (χ1) is 17.1. The highest BCUT2D eigenvalue weighted by atomic mass is 32.2. The molecule has 2 unspecified atom stereocenters. The van der Waals surface area contributed by atoms with Crippen molar-refractivity contribution in [2.75, 3.05) is 13.7 Å². The van der Waals surface area contributed by atoms with E-state index < -0.39 is 45.0 Å². The molecule has 2 aromatic carbocycles. The second-order valence-corrected chi connectivity index (χ2v) is 10.7. The molecule has 0 aromatic heterocycles. The van der Waals surface area contributed by atoms with Gasteiger partial charge >= 0.3 is 21.6 Å². The number of fused-ring (bicyclic) bond motifs is 1. The number of hydrogen-bond donors (Lipinski definition) is 0. The van der Waals surface area contributed by atoms with E-state index >= 15 is 8.78 Å². The Labute approximate surface area is 211 Å². The predicted octanol–water partition coefficient (Wildman–Crippen LogP) is 5.37. The molecule has 0 radical (unpaired) electrons. The van der Waals surface area contributed by atoms with Gasteiger partial charge in [-0.3, -0.25) is 4.90 Å². The van der Waals surface area contributed by atoms with E-state index in [1.165, 1.54) is 12.1 Å². The summed E-state index contributed by atoms with van der Waals surface area (Å²) in [5.74, 6) is -2.91. The lowest BCUT2D eigenvalue weighted by Gasteiger charge is -2.43. The van der Waals surface area contributed by atoms with Crippen LogP contribution in [0.2, 0.25) is 0 Å². The third-order valence-corrected chi connectivity index (χ3v) is 6.85. The van der Waals surface area contributed by atoms with Crippen LogP contribution >= 0.6 is 0 Å². The standard InChI is InChI=1S/C25H26F5NO5S/c1-14(2)13-31-15(3)9-17-12-18(36-37(33,34)25(28,29)30)6-7-19(17)24(31)23-20(26)10-16(11-21(23)27)5-8-22(32)35-4/h5-8,10-12,14-15,24H,9,13H2,1-4H3/b8-5+. The first-order valence-electron chi connectivity index (χ1n) is 11.3. The zero-order valence-electron chi connectivity index (χ0n) is 20.5. The van der Waals surface area contributed by atoms with Gasteiger partial charge in [-0.05, 0) is 66.3 Å². The molecule has 0 aliphatic carbocycles. The van der Waals surface area contributed by atoms with Crippen LogP contribution in [-0.4, -0.2) is 44.5 Å². The average molecular weight is 548 g/mol. The predicted molar refractivity (Wildman–Crippen MR) is 126 cm³/mol. The molecule has 1 heterocycles. The molecule has 0 fully saturated rings. The quantitative estimate of drug-likeness (QED) is 0.153. The Balaban J connectivity index is 2.12. The summed E-state index contributed by atoms with van der Waals surface area (Å²) >= 11 is 0. The third kappa shape index (κ3) is 6.30. The lowest BCUT2D eigenvalue weighted by Crippen LogP contribution is -2.45. The largest absolute Gasteiger partial charge is 0.534 e. The van der Waals surface area contributed by atoms with Crippen molar-refractivity contribution in [1.82, 2.24) is 4.90 Å². The van der Waals surface area contributed by atoms with Gasteiger partial charge in [-0.15, -0.1) is 0 Å². The van der Waals surface area contributed by atoms with Crippen molar-refractivity contribution in [2.24, 2.45) is 5.92 Å². The first kappa shape index (κ1) is 28.6. The van der Waals surface area contributed by atoms with Crippen LogP contribution in [-0.2, 0) is 26.1 Å². The minimum absolute atomic E-state index is 0.0877. The Morgan fingerprint density at radius 2 is 1.78 bits per heavy atom. The molecule has 2 atom stereocenters. The number of hydrogen-bond acceptors (Lipinski definition) is 6. The minimum atomic E-state index is -5.88. The van der Waals surface area contributed by atoms with Crippen molar-refractivity contribution in [3.8, 4) is 5.75 Å². The fraction of sp³-hybridized carbons (Fsp3) is 0.400. The lowest BCUT2D eigenvalue weighted by atomic mass is 9.83. The van der Waals surface area contributed by atoms with E-state index in [2.05, 4.69) is 8.92 Å². The molecule has 1 aliphatic heterocycles. The Morgan fingerprint density at radius 1 is 1.16 bits per heavy atom. The Morgan fingerprint density at radius 3 is 2.32 bits per heavy atom. The topological polar surface area (TPSA) is 72.9 Å². The van der Waals surface area contributed by atoms with Crippen molar-refractivity contribution >= 4 is 22.2 Å². The summed E-state index contributed by atoms with van der Waals surface area (Å²) in [4.78, 5) is 13.2. The molecule has 2 aromatic rings. The number of carbonyl (C=O) groups is 1. The monoisotopic (exact) mass is 547 g/mol. The van der Waals surface area contributed by atoms with E-state index in [9.17, 15) is 26.4 Å². The number of nitrogens with zero attached hydrogens (tertiary/aromatic N) is 1. The number of benzene rings is 2. The van der Waals surface area contributed by atoms with Crippen LogP contribution in [0.5, 0.6) is 5.75 Å². The lowest BCUT2D eigenvalue weighted by molar-refractivity contribution is -0.134. The van der Waals surface area contributed by atoms with E-state index in [-0.39, 0.29) is 29.5 Å². The van der Waals surface area contributed by atoms with Crippen molar-refractivity contribution in [2.45, 2.75) is 44.8 Å². The maximum absolute atomic E-state index is 15.4. The van der Waals surface area contributed by atoms with Gasteiger partial charge in [-0.25, -0.2) is 13.6 Å². The summed E-state index contributed by atoms with van der Waals surface area (Å²) in [5.41, 5.74) is -4.99. The molecular formula is C25H26F5NO5S. The molecule has 0 amide bonds. The van der Waals surface area contributed by atoms with E-state index in [0.29, 0.717) is 17.7 Å². The van der Waals surface area contributed by atoms with Crippen molar-refractivity contribution < 1.29 is 44.1 Å². The first-order valence-corrected chi connectivity index (χ1v) is 12.7. The third-order valence-electron chi connectivity index (χ3n) is 5.88. The van der Waals surface area contributed by atoms with Gasteiger partial charge in [0.05, 0.1) is 13.2 Å². The van der Waals surface area contributed by atoms with Gasteiger partial charge in [-0.1, -0.05) is 19.9 Å². The molecule has 1 aliphatic rings. The average Bonchev–Trinajstić information content (AvgIpc) is 2.77. The molecular weight excluding hydrogens is 521 g/mol. The van der Waals surface area contributed by atoms with Crippen molar-refractivity contribution in [1.29, 1.82) is 0 Å². The van der Waals surface area contributed by atoms with E-state index in [1.54, 1.807) is 0 Å². The van der Waals surface area contributed by atoms with Crippen LogP contribution in [0.4, 0.5) is 22.0 Å². The molecule has 37 heavy (non-hydrogen) atoms. The highest BCUT2D eigenvalue weighted by Gasteiger charge is 2.48. The number of halogens is 5. The fourth-order valence-electron chi connectivity index (χ4n) is 4.34. The van der Waals surface area contributed by atoms with Crippen LogP contribution in [0.1, 0.15) is 49.1 Å². The summed E-state index contributed by atoms with van der Waals surface area (Å²) in [7, 11) is -4.72. The van der Waals surface area contributed by atoms with E-state index in [0.717, 1.165) is 37.5 Å². The van der Waals surface area contributed by atoms with E-state index in [4.69, 9.17) is 0 Å². The molecule has 3 rings (SSSR count). The summed E-state index contributed by atoms with van der Waals surface area (Å²) in [6.07, 6.45) is 2.51. The van der Waals surface area contributed by atoms with E-state index in [1.807, 2.05) is 25.7 Å². The molecule has 0 bridgehead atoms. The van der Waals surface area contributed by atoms with Crippen LogP contribution in [0, 0.1) is 17.6 Å². The molecule has 0 saturated carbocycles. The van der Waals surface area contributed by atoms with Gasteiger partial charge in [0.2, 0.25) is 0 Å². The van der Waals surface area contributed by atoms with Gasteiger partial charge in [0.25, 0.3) is 0 Å². The number of ether oxygens (including phenoxy) is 1. The summed E-state index contributed by atoms with van der Waals surface area (Å²) in [6, 6.07) is 4.39. The van der Waals surface area contributed by atoms with Gasteiger partial charge in [0, 0.05) is 24.2 Å². The highest BCUT2D eigenvalue weighted by molar-refractivity contribution is 7.88. The molecule has 0 spiro atoms. The van der Waals surface area contributed by atoms with Crippen LogP contribution in [0.25, 0.3) is 6.08 Å². The highest BCUT2D eigenvalue weighted by Crippen LogP contribution is 2.42. The smallest absolute Gasteiger partial charge is 0.466 e. The minimum Gasteiger partial charge on any atom is -0.466 e. The molecule has 6 nitrogen and oxygen atoms in total. The SMILES string of the molecule is COC(=O)/C=C/c1cc(F)c(C2c3ccc(OS(=O)(=O)C(F)(F)F)cc3CC(C)N2CC(C)C)c(F)c1. The molecule has 12 heteroatoms. The van der Waals surface area contributed by atoms with Gasteiger partial charge in [0.1, 0.15) is 17.4 Å². The molecule has 202 valence electrons. The summed E-state index contributed by atoms with van der Waals surface area (Å²) in [5, 5.41) is 0. The number of esters is 1.